The van der Waals surface area contributed by atoms with Gasteiger partial charge in [0.25, 0.3) is 0 Å². The second kappa shape index (κ2) is 17.9. The van der Waals surface area contributed by atoms with Gasteiger partial charge in [0, 0.05) is 13.1 Å². The van der Waals surface area contributed by atoms with E-state index in [1.165, 1.54) is 0 Å². The molecule has 0 saturated heterocycles. The molecule has 3 amide bonds. The molecule has 0 radical (unpaired) electrons. The van der Waals surface area contributed by atoms with E-state index in [1.54, 1.807) is 25.7 Å². The number of amides is 3. The van der Waals surface area contributed by atoms with Crippen molar-refractivity contribution in [3.63, 3.8) is 0 Å². The lowest BCUT2D eigenvalue weighted by atomic mass is 9.96. The number of carbonyl (C=O) groups excluding carboxylic acids is 3. The van der Waals surface area contributed by atoms with E-state index in [4.69, 9.17) is 4.74 Å². The van der Waals surface area contributed by atoms with Crippen LogP contribution in [0.25, 0.3) is 0 Å². The molecule has 0 aliphatic rings. The van der Waals surface area contributed by atoms with Crippen molar-refractivity contribution < 1.29 is 19.1 Å². The van der Waals surface area contributed by atoms with Crippen LogP contribution in [-0.4, -0.2) is 47.5 Å². The van der Waals surface area contributed by atoms with Crippen LogP contribution >= 0.6 is 0 Å². The van der Waals surface area contributed by atoms with Crippen LogP contribution in [0.2, 0.25) is 0 Å². The van der Waals surface area contributed by atoms with Crippen LogP contribution < -0.4 is 10.6 Å². The van der Waals surface area contributed by atoms with Crippen LogP contribution in [0, 0.1) is 12.8 Å². The van der Waals surface area contributed by atoms with E-state index in [2.05, 4.69) is 24.5 Å². The standard InChI is InChI=1S/C32H55N3O4/c1-9-11-13-14-18-22-35(30(37)27(23-24(3)4)34-31(38)39-32(6,7)8)28(26-20-16-15-19-25(26)5)29(36)33-21-17-12-10-2/h15-16,19-20,24,27-28H,9-14,17-18,21-23H2,1-8H3,(H,33,36)(H,34,38). The first-order valence-electron chi connectivity index (χ1n) is 15.0. The van der Waals surface area contributed by atoms with Crippen molar-refractivity contribution in [3.8, 4) is 0 Å². The van der Waals surface area contributed by atoms with E-state index >= 15 is 0 Å². The van der Waals surface area contributed by atoms with Crippen molar-refractivity contribution in [2.75, 3.05) is 13.1 Å². The Kier molecular flexibility index (Phi) is 15.8. The van der Waals surface area contributed by atoms with Crippen molar-refractivity contribution in [1.29, 1.82) is 0 Å². The van der Waals surface area contributed by atoms with E-state index in [0.29, 0.717) is 19.5 Å². The summed E-state index contributed by atoms with van der Waals surface area (Å²) < 4.78 is 5.49. The van der Waals surface area contributed by atoms with Crippen molar-refractivity contribution >= 4 is 17.9 Å². The molecule has 0 heterocycles. The molecule has 2 N–H and O–H groups in total. The normalized spacial score (nSPS) is 13.1. The number of unbranched alkanes of at least 4 members (excludes halogenated alkanes) is 6. The predicted octanol–water partition coefficient (Wildman–Crippen LogP) is 7.08. The third-order valence-corrected chi connectivity index (χ3v) is 6.60. The molecule has 2 unspecified atom stereocenters. The van der Waals surface area contributed by atoms with Gasteiger partial charge >= 0.3 is 6.09 Å². The smallest absolute Gasteiger partial charge is 0.408 e. The first kappa shape index (κ1) is 34.5. The predicted molar refractivity (Wildman–Crippen MR) is 160 cm³/mol. The molecule has 222 valence electrons. The molecule has 0 aliphatic heterocycles. The first-order valence-corrected chi connectivity index (χ1v) is 15.0. The van der Waals surface area contributed by atoms with Gasteiger partial charge in [0.2, 0.25) is 11.8 Å². The van der Waals surface area contributed by atoms with Crippen molar-refractivity contribution in [2.45, 2.75) is 131 Å². The molecule has 2 atom stereocenters. The SMILES string of the molecule is CCCCCCCN(C(=O)C(CC(C)C)NC(=O)OC(C)(C)C)C(C(=O)NCCCCC)c1ccccc1C. The van der Waals surface area contributed by atoms with Crippen LogP contribution in [0.3, 0.4) is 0 Å². The maximum atomic E-state index is 14.3. The van der Waals surface area contributed by atoms with Crippen molar-refractivity contribution in [2.24, 2.45) is 5.92 Å². The maximum absolute atomic E-state index is 14.3. The Labute approximate surface area is 237 Å². The number of ether oxygens (including phenoxy) is 1. The van der Waals surface area contributed by atoms with Crippen LogP contribution in [0.15, 0.2) is 24.3 Å². The van der Waals surface area contributed by atoms with Crippen LogP contribution in [0.4, 0.5) is 4.79 Å². The number of carbonyl (C=O) groups is 3. The van der Waals surface area contributed by atoms with Gasteiger partial charge in [-0.25, -0.2) is 4.79 Å². The molecule has 0 spiro atoms. The minimum absolute atomic E-state index is 0.153. The summed E-state index contributed by atoms with van der Waals surface area (Å²) in [5.74, 6) is -0.273. The zero-order valence-corrected chi connectivity index (χ0v) is 25.9. The Hall–Kier alpha value is -2.57. The first-order chi connectivity index (χ1) is 18.4. The number of nitrogens with one attached hydrogen (secondary N) is 2. The number of hydrogen-bond donors (Lipinski definition) is 2. The van der Waals surface area contributed by atoms with Gasteiger partial charge in [0.1, 0.15) is 17.7 Å². The molecular formula is C32H55N3O4. The summed E-state index contributed by atoms with van der Waals surface area (Å²) >= 11 is 0. The van der Waals surface area contributed by atoms with E-state index in [1.807, 2.05) is 45.0 Å². The summed E-state index contributed by atoms with van der Waals surface area (Å²) in [5, 5.41) is 5.93. The van der Waals surface area contributed by atoms with Gasteiger partial charge < -0.3 is 20.3 Å². The number of alkyl carbamates (subject to hydrolysis) is 1. The zero-order valence-electron chi connectivity index (χ0n) is 25.9. The molecule has 0 saturated carbocycles. The maximum Gasteiger partial charge on any atom is 0.408 e. The third kappa shape index (κ3) is 13.4. The minimum atomic E-state index is -0.796. The summed E-state index contributed by atoms with van der Waals surface area (Å²) in [6.07, 6.45) is 7.94. The lowest BCUT2D eigenvalue weighted by Crippen LogP contribution is -2.53. The average molecular weight is 546 g/mol. The number of aryl methyl sites for hydroxylation is 1. The van der Waals surface area contributed by atoms with Crippen molar-refractivity contribution in [3.05, 3.63) is 35.4 Å². The molecule has 0 aromatic heterocycles. The summed E-state index contributed by atoms with van der Waals surface area (Å²) in [5.41, 5.74) is 1.08. The molecule has 0 fully saturated rings. The molecule has 0 bridgehead atoms. The fourth-order valence-corrected chi connectivity index (χ4v) is 4.62. The fraction of sp³-hybridized carbons (Fsp3) is 0.719. The molecule has 1 rings (SSSR count). The highest BCUT2D eigenvalue weighted by Gasteiger charge is 2.36. The Bertz CT molecular complexity index is 878. The highest BCUT2D eigenvalue weighted by molar-refractivity contribution is 5.92. The lowest BCUT2D eigenvalue weighted by Gasteiger charge is -2.35. The second-order valence-corrected chi connectivity index (χ2v) is 12.0. The van der Waals surface area contributed by atoms with Gasteiger partial charge in [-0.2, -0.15) is 0 Å². The topological polar surface area (TPSA) is 87.7 Å². The summed E-state index contributed by atoms with van der Waals surface area (Å²) in [4.78, 5) is 42.5. The number of nitrogens with zero attached hydrogens (tertiary/aromatic N) is 1. The number of rotatable bonds is 17. The van der Waals surface area contributed by atoms with Crippen LogP contribution in [0.1, 0.15) is 123 Å². The van der Waals surface area contributed by atoms with E-state index < -0.39 is 23.8 Å². The molecule has 39 heavy (non-hydrogen) atoms. The van der Waals surface area contributed by atoms with E-state index in [0.717, 1.165) is 62.5 Å². The fourth-order valence-electron chi connectivity index (χ4n) is 4.62. The van der Waals surface area contributed by atoms with E-state index in [-0.39, 0.29) is 17.7 Å². The zero-order chi connectivity index (χ0) is 29.4. The van der Waals surface area contributed by atoms with Gasteiger partial charge in [-0.3, -0.25) is 9.59 Å². The largest absolute Gasteiger partial charge is 0.444 e. The van der Waals surface area contributed by atoms with E-state index in [9.17, 15) is 14.4 Å². The molecular weight excluding hydrogens is 490 g/mol. The summed E-state index contributed by atoms with van der Waals surface area (Å²) in [7, 11) is 0. The second-order valence-electron chi connectivity index (χ2n) is 12.0. The van der Waals surface area contributed by atoms with Gasteiger partial charge in [0.15, 0.2) is 0 Å². The number of hydrogen-bond acceptors (Lipinski definition) is 4. The summed E-state index contributed by atoms with van der Waals surface area (Å²) in [6.45, 7) is 16.7. The lowest BCUT2D eigenvalue weighted by molar-refractivity contribution is -0.143. The quantitative estimate of drug-likeness (QED) is 0.205. The minimum Gasteiger partial charge on any atom is -0.444 e. The highest BCUT2D eigenvalue weighted by atomic mass is 16.6. The Balaban J connectivity index is 3.43. The highest BCUT2D eigenvalue weighted by Crippen LogP contribution is 2.27. The molecule has 1 aromatic carbocycles. The third-order valence-electron chi connectivity index (χ3n) is 6.60. The van der Waals surface area contributed by atoms with Gasteiger partial charge in [0.05, 0.1) is 0 Å². The van der Waals surface area contributed by atoms with Crippen LogP contribution in [-0.2, 0) is 14.3 Å². The van der Waals surface area contributed by atoms with Gasteiger partial charge in [-0.15, -0.1) is 0 Å². The Morgan fingerprint density at radius 1 is 0.923 bits per heavy atom. The Morgan fingerprint density at radius 3 is 2.13 bits per heavy atom. The average Bonchev–Trinajstić information content (AvgIpc) is 2.84. The van der Waals surface area contributed by atoms with Crippen LogP contribution in [0.5, 0.6) is 0 Å². The van der Waals surface area contributed by atoms with Gasteiger partial charge in [-0.05, 0) is 64.0 Å². The molecule has 7 heteroatoms. The molecule has 1 aromatic rings. The Morgan fingerprint density at radius 2 is 1.54 bits per heavy atom. The molecule has 0 aliphatic carbocycles. The van der Waals surface area contributed by atoms with Gasteiger partial charge in [-0.1, -0.05) is 90.5 Å². The monoisotopic (exact) mass is 545 g/mol. The van der Waals surface area contributed by atoms with Crippen molar-refractivity contribution in [1.82, 2.24) is 15.5 Å². The number of benzene rings is 1. The summed E-state index contributed by atoms with van der Waals surface area (Å²) in [6, 6.07) is 6.19. The molecule has 7 nitrogen and oxygen atoms in total.